The number of hydrogen-bond donors (Lipinski definition) is 0. The van der Waals surface area contributed by atoms with Gasteiger partial charge in [0.2, 0.25) is 0 Å². The van der Waals surface area contributed by atoms with Gasteiger partial charge < -0.3 is 0 Å². The summed E-state index contributed by atoms with van der Waals surface area (Å²) in [4.78, 5) is 23.7. The van der Waals surface area contributed by atoms with Crippen molar-refractivity contribution in [1.29, 1.82) is 0 Å². The van der Waals surface area contributed by atoms with Crippen molar-refractivity contribution in [2.75, 3.05) is 0 Å². The minimum atomic E-state index is 1.09. The second-order valence-corrected chi connectivity index (χ2v) is 11.2. The van der Waals surface area contributed by atoms with E-state index in [9.17, 15) is 0 Å². The summed E-state index contributed by atoms with van der Waals surface area (Å²) in [6, 6.07) is 0. The summed E-state index contributed by atoms with van der Waals surface area (Å²) in [7, 11) is 0. The van der Waals surface area contributed by atoms with E-state index < -0.39 is 0 Å². The van der Waals surface area contributed by atoms with Crippen LogP contribution >= 0.6 is 45.3 Å². The van der Waals surface area contributed by atoms with Crippen molar-refractivity contribution in [3.8, 4) is 0 Å². The quantitative estimate of drug-likeness (QED) is 0.260. The Labute approximate surface area is 170 Å². The molecule has 9 rings (SSSR count). The van der Waals surface area contributed by atoms with Gasteiger partial charge in [0.05, 0.1) is 18.8 Å². The highest BCUT2D eigenvalue weighted by atomic mass is 32.1. The van der Waals surface area contributed by atoms with Crippen LogP contribution in [0.3, 0.4) is 0 Å². The Balaban J connectivity index is 1.93. The molecule has 0 spiro atoms. The van der Waals surface area contributed by atoms with E-state index in [-0.39, 0.29) is 0 Å². The number of pyridine rings is 4. The molecule has 0 bridgehead atoms. The molecule has 0 amide bonds. The number of thiophene rings is 4. The molecule has 128 valence electrons. The van der Waals surface area contributed by atoms with E-state index >= 15 is 0 Å². The molecule has 0 fully saturated rings. The van der Waals surface area contributed by atoms with Crippen molar-refractivity contribution >= 4 is 127 Å². The molecule has 0 aliphatic carbocycles. The summed E-state index contributed by atoms with van der Waals surface area (Å²) >= 11 is 6.99. The van der Waals surface area contributed by atoms with Crippen LogP contribution in [0.1, 0.15) is 0 Å². The van der Waals surface area contributed by atoms with Crippen LogP contribution in [0.15, 0.2) is 24.8 Å². The predicted molar refractivity (Wildman–Crippen MR) is 123 cm³/mol. The first kappa shape index (κ1) is 13.6. The van der Waals surface area contributed by atoms with Crippen molar-refractivity contribution in [2.24, 2.45) is 0 Å². The summed E-state index contributed by atoms with van der Waals surface area (Å²) in [5.74, 6) is 0. The topological polar surface area (TPSA) is 51.6 Å². The Kier molecular flexibility index (Phi) is 1.99. The van der Waals surface area contributed by atoms with E-state index in [1.807, 2.05) is 24.8 Å². The van der Waals surface area contributed by atoms with E-state index in [2.05, 4.69) is 0 Å². The Bertz CT molecular complexity index is 1560. The van der Waals surface area contributed by atoms with Gasteiger partial charge in [-0.1, -0.05) is 0 Å². The molecule has 0 saturated heterocycles. The van der Waals surface area contributed by atoms with Crippen LogP contribution in [0, 0.1) is 0 Å². The maximum absolute atomic E-state index is 4.82. The highest BCUT2D eigenvalue weighted by molar-refractivity contribution is 7.30. The average molecular weight is 429 g/mol. The lowest BCUT2D eigenvalue weighted by atomic mass is 9.98. The van der Waals surface area contributed by atoms with Gasteiger partial charge in [-0.3, -0.25) is 0 Å². The summed E-state index contributed by atoms with van der Waals surface area (Å²) in [5, 5.41) is 10.4. The highest BCUT2D eigenvalue weighted by Gasteiger charge is 2.26. The van der Waals surface area contributed by atoms with Crippen LogP contribution in [0.25, 0.3) is 81.2 Å². The Morgan fingerprint density at radius 3 is 0.857 bits per heavy atom. The van der Waals surface area contributed by atoms with Crippen LogP contribution in [-0.2, 0) is 0 Å². The fourth-order valence-electron chi connectivity index (χ4n) is 4.86. The van der Waals surface area contributed by atoms with E-state index in [1.54, 1.807) is 45.3 Å². The van der Waals surface area contributed by atoms with E-state index in [0.29, 0.717) is 0 Å². The third-order valence-corrected chi connectivity index (χ3v) is 9.99. The van der Waals surface area contributed by atoms with Crippen LogP contribution in [0.4, 0.5) is 0 Å². The lowest BCUT2D eigenvalue weighted by Gasteiger charge is -2.04. The van der Waals surface area contributed by atoms with Crippen LogP contribution in [0.2, 0.25) is 0 Å². The molecule has 0 N–H and O–H groups in total. The monoisotopic (exact) mass is 428 g/mol. The smallest absolute Gasteiger partial charge is 0.125 e. The third-order valence-electron chi connectivity index (χ3n) is 5.86. The fraction of sp³-hybridized carbons (Fsp3) is 0. The van der Waals surface area contributed by atoms with Crippen molar-refractivity contribution in [3.05, 3.63) is 24.8 Å². The average Bonchev–Trinajstić information content (AvgIpc) is 3.42. The first-order valence-electron chi connectivity index (χ1n) is 8.71. The molecule has 8 aromatic heterocycles. The van der Waals surface area contributed by atoms with Crippen molar-refractivity contribution < 1.29 is 0 Å². The van der Waals surface area contributed by atoms with Crippen molar-refractivity contribution in [1.82, 2.24) is 19.9 Å². The highest BCUT2D eigenvalue weighted by Crippen LogP contribution is 2.54. The molecule has 8 heterocycles. The van der Waals surface area contributed by atoms with Gasteiger partial charge in [0, 0.05) is 67.9 Å². The maximum atomic E-state index is 4.82. The van der Waals surface area contributed by atoms with Gasteiger partial charge in [0.1, 0.15) is 19.3 Å². The molecule has 0 aliphatic rings. The van der Waals surface area contributed by atoms with Gasteiger partial charge in [-0.15, -0.1) is 45.3 Å². The van der Waals surface area contributed by atoms with Gasteiger partial charge in [-0.2, -0.15) is 0 Å². The lowest BCUT2D eigenvalue weighted by molar-refractivity contribution is 1.49. The molecule has 8 heteroatoms. The molecule has 9 aromatic rings. The predicted octanol–water partition coefficient (Wildman–Crippen LogP) is 7.05. The van der Waals surface area contributed by atoms with E-state index in [0.717, 1.165) is 19.3 Å². The maximum Gasteiger partial charge on any atom is 0.125 e. The van der Waals surface area contributed by atoms with Crippen LogP contribution in [0.5, 0.6) is 0 Å². The lowest BCUT2D eigenvalue weighted by Crippen LogP contribution is -1.82. The van der Waals surface area contributed by atoms with Gasteiger partial charge in [-0.25, -0.2) is 19.9 Å². The minimum Gasteiger partial charge on any atom is -0.244 e. The molecule has 0 saturated carbocycles. The van der Waals surface area contributed by atoms with Crippen LogP contribution < -0.4 is 0 Å². The first-order valence-corrected chi connectivity index (χ1v) is 12.0. The van der Waals surface area contributed by atoms with Gasteiger partial charge in [0.15, 0.2) is 0 Å². The SMILES string of the molecule is c1nc2sc3cnc4sc5cnc6sc7cnc8sc1c1c8c7c6c5c4c3c21. The Morgan fingerprint density at radius 1 is 0.357 bits per heavy atom. The first-order chi connectivity index (χ1) is 13.9. The number of aromatic nitrogens is 4. The number of nitrogens with zero attached hydrogens (tertiary/aromatic N) is 4. The molecule has 0 radical (unpaired) electrons. The summed E-state index contributed by atoms with van der Waals surface area (Å²) in [6.07, 6.45) is 8.09. The van der Waals surface area contributed by atoms with Crippen LogP contribution in [-0.4, -0.2) is 19.9 Å². The summed E-state index contributed by atoms with van der Waals surface area (Å²) in [5.41, 5.74) is 0. The van der Waals surface area contributed by atoms with Crippen molar-refractivity contribution in [2.45, 2.75) is 0 Å². The zero-order valence-corrected chi connectivity index (χ0v) is 17.0. The van der Waals surface area contributed by atoms with Crippen molar-refractivity contribution in [3.63, 3.8) is 0 Å². The summed E-state index contributed by atoms with van der Waals surface area (Å²) in [6.45, 7) is 0. The number of hydrogen-bond acceptors (Lipinski definition) is 8. The molecule has 4 nitrogen and oxygen atoms in total. The normalized spacial score (nSPS) is 13.7. The summed E-state index contributed by atoms with van der Waals surface area (Å²) < 4.78 is 4.85. The number of rotatable bonds is 0. The molecular formula is C20H4N4S4. The molecule has 0 unspecified atom stereocenters. The standard InChI is InChI=1S/C20H4N4S4/c1-5-9-13-10-6(26-17(13)21-1)2-23-19-15(10)12-8(28-19)4-24-20-16(12)11-7(27-20)3-22-18(25-5)14(9)11/h1-4H. The second-order valence-electron chi connectivity index (χ2n) is 7.12. The van der Waals surface area contributed by atoms with Gasteiger partial charge in [0.25, 0.3) is 0 Å². The second kappa shape index (κ2) is 4.08. The van der Waals surface area contributed by atoms with E-state index in [1.165, 1.54) is 61.9 Å². The molecular weight excluding hydrogens is 425 g/mol. The molecule has 1 aromatic carbocycles. The minimum absolute atomic E-state index is 1.09. The largest absolute Gasteiger partial charge is 0.244 e. The van der Waals surface area contributed by atoms with E-state index in [4.69, 9.17) is 19.9 Å². The molecule has 0 atom stereocenters. The third kappa shape index (κ3) is 1.25. The molecule has 0 aliphatic heterocycles. The molecule has 28 heavy (non-hydrogen) atoms. The Morgan fingerprint density at radius 2 is 0.607 bits per heavy atom. The zero-order chi connectivity index (χ0) is 17.7. The van der Waals surface area contributed by atoms with Gasteiger partial charge in [-0.05, 0) is 0 Å². The Hall–Kier alpha value is -2.52. The fourth-order valence-corrected chi connectivity index (χ4v) is 8.99. The van der Waals surface area contributed by atoms with Gasteiger partial charge >= 0.3 is 0 Å². The zero-order valence-electron chi connectivity index (χ0n) is 13.7.